The molecule has 1 aliphatic heterocycles. The summed E-state index contributed by atoms with van der Waals surface area (Å²) in [4.78, 5) is 25.0. The minimum Gasteiger partial charge on any atom is -0.497 e. The molecule has 0 aliphatic carbocycles. The van der Waals surface area contributed by atoms with Gasteiger partial charge in [-0.25, -0.2) is 0 Å². The standard InChI is InChI=1S/C19H20N2O4/c1-13-11-15(5-8-18(13)21(23)24)19(22)20-10-9-16(12-20)14-3-6-17(25-2)7-4-14/h3-8,11,16H,9-10,12H2,1-2H3. The quantitative estimate of drug-likeness (QED) is 0.630. The molecule has 0 spiro atoms. The SMILES string of the molecule is COc1ccc(C2CCN(C(=O)c3ccc([N+](=O)[O-])c(C)c3)C2)cc1. The van der Waals surface area contributed by atoms with Crippen molar-refractivity contribution in [2.45, 2.75) is 19.3 Å². The van der Waals surface area contributed by atoms with Gasteiger partial charge in [0, 0.05) is 36.2 Å². The topological polar surface area (TPSA) is 72.7 Å². The maximum absolute atomic E-state index is 12.7. The van der Waals surface area contributed by atoms with Crippen molar-refractivity contribution in [2.75, 3.05) is 20.2 Å². The Morgan fingerprint density at radius 2 is 1.96 bits per heavy atom. The van der Waals surface area contributed by atoms with Crippen LogP contribution < -0.4 is 4.74 Å². The van der Waals surface area contributed by atoms with Crippen LogP contribution in [0.15, 0.2) is 42.5 Å². The Kier molecular flexibility index (Phi) is 4.70. The minimum absolute atomic E-state index is 0.0362. The zero-order valence-electron chi connectivity index (χ0n) is 14.3. The number of nitrogens with zero attached hydrogens (tertiary/aromatic N) is 2. The zero-order valence-corrected chi connectivity index (χ0v) is 14.3. The Morgan fingerprint density at radius 1 is 1.24 bits per heavy atom. The third kappa shape index (κ3) is 3.47. The Balaban J connectivity index is 1.71. The molecule has 1 heterocycles. The molecule has 130 valence electrons. The lowest BCUT2D eigenvalue weighted by Crippen LogP contribution is -2.28. The molecule has 25 heavy (non-hydrogen) atoms. The van der Waals surface area contributed by atoms with Crippen molar-refractivity contribution in [1.82, 2.24) is 4.90 Å². The lowest BCUT2D eigenvalue weighted by atomic mass is 9.98. The fourth-order valence-corrected chi connectivity index (χ4v) is 3.27. The number of likely N-dealkylation sites (tertiary alicyclic amines) is 1. The highest BCUT2D eigenvalue weighted by molar-refractivity contribution is 5.95. The van der Waals surface area contributed by atoms with Crippen molar-refractivity contribution in [3.05, 3.63) is 69.3 Å². The predicted molar refractivity (Wildman–Crippen MR) is 94.1 cm³/mol. The van der Waals surface area contributed by atoms with Crippen LogP contribution >= 0.6 is 0 Å². The first kappa shape index (κ1) is 17.0. The number of hydrogen-bond acceptors (Lipinski definition) is 4. The molecule has 2 aromatic rings. The molecule has 0 bridgehead atoms. The predicted octanol–water partition coefficient (Wildman–Crippen LogP) is 3.54. The smallest absolute Gasteiger partial charge is 0.272 e. The van der Waals surface area contributed by atoms with Gasteiger partial charge in [0.2, 0.25) is 0 Å². The van der Waals surface area contributed by atoms with Gasteiger partial charge in [-0.15, -0.1) is 0 Å². The van der Waals surface area contributed by atoms with E-state index in [1.54, 1.807) is 20.1 Å². The molecular formula is C19H20N2O4. The number of carbonyl (C=O) groups is 1. The average molecular weight is 340 g/mol. The normalized spacial score (nSPS) is 16.7. The van der Waals surface area contributed by atoms with Gasteiger partial charge in [0.25, 0.3) is 11.6 Å². The molecule has 0 saturated carbocycles. The van der Waals surface area contributed by atoms with Gasteiger partial charge < -0.3 is 9.64 Å². The first-order valence-electron chi connectivity index (χ1n) is 8.18. The van der Waals surface area contributed by atoms with E-state index in [4.69, 9.17) is 4.74 Å². The Morgan fingerprint density at radius 3 is 2.56 bits per heavy atom. The highest BCUT2D eigenvalue weighted by atomic mass is 16.6. The van der Waals surface area contributed by atoms with Crippen molar-refractivity contribution in [3.8, 4) is 5.75 Å². The molecule has 3 rings (SSSR count). The number of ether oxygens (including phenoxy) is 1. The highest BCUT2D eigenvalue weighted by Crippen LogP contribution is 2.30. The first-order chi connectivity index (χ1) is 12.0. The van der Waals surface area contributed by atoms with Crippen LogP contribution in [0, 0.1) is 17.0 Å². The Labute approximate surface area is 146 Å². The molecule has 1 saturated heterocycles. The maximum atomic E-state index is 12.7. The number of aryl methyl sites for hydroxylation is 1. The van der Waals surface area contributed by atoms with E-state index >= 15 is 0 Å². The van der Waals surface area contributed by atoms with E-state index in [1.165, 1.54) is 17.7 Å². The van der Waals surface area contributed by atoms with Gasteiger partial charge in [0.1, 0.15) is 5.75 Å². The molecule has 0 radical (unpaired) electrons. The van der Waals surface area contributed by atoms with Gasteiger partial charge in [-0.3, -0.25) is 14.9 Å². The van der Waals surface area contributed by atoms with Crippen LogP contribution in [0.4, 0.5) is 5.69 Å². The van der Waals surface area contributed by atoms with Crippen LogP contribution in [0.2, 0.25) is 0 Å². The molecule has 0 N–H and O–H groups in total. The van der Waals surface area contributed by atoms with E-state index in [0.29, 0.717) is 30.1 Å². The number of rotatable bonds is 4. The van der Waals surface area contributed by atoms with Crippen molar-refractivity contribution < 1.29 is 14.5 Å². The van der Waals surface area contributed by atoms with Gasteiger partial charge in [0.15, 0.2) is 0 Å². The number of amides is 1. The summed E-state index contributed by atoms with van der Waals surface area (Å²) in [6, 6.07) is 12.5. The molecule has 1 aliphatic rings. The van der Waals surface area contributed by atoms with Gasteiger partial charge in [-0.2, -0.15) is 0 Å². The Hall–Kier alpha value is -2.89. The fraction of sp³-hybridized carbons (Fsp3) is 0.316. The van der Waals surface area contributed by atoms with Gasteiger partial charge in [0.05, 0.1) is 12.0 Å². The number of nitro benzene ring substituents is 1. The van der Waals surface area contributed by atoms with Crippen LogP contribution in [-0.2, 0) is 0 Å². The van der Waals surface area contributed by atoms with Crippen molar-refractivity contribution in [3.63, 3.8) is 0 Å². The molecule has 2 aromatic carbocycles. The molecule has 1 amide bonds. The van der Waals surface area contributed by atoms with Crippen LogP contribution in [0.3, 0.4) is 0 Å². The van der Waals surface area contributed by atoms with Crippen molar-refractivity contribution >= 4 is 11.6 Å². The molecule has 1 atom stereocenters. The van der Waals surface area contributed by atoms with Crippen LogP contribution in [0.1, 0.15) is 33.8 Å². The summed E-state index contributed by atoms with van der Waals surface area (Å²) < 4.78 is 5.17. The number of methoxy groups -OCH3 is 1. The van der Waals surface area contributed by atoms with Crippen molar-refractivity contribution in [1.29, 1.82) is 0 Å². The molecule has 0 aromatic heterocycles. The van der Waals surface area contributed by atoms with E-state index in [-0.39, 0.29) is 11.6 Å². The lowest BCUT2D eigenvalue weighted by Gasteiger charge is -2.17. The van der Waals surface area contributed by atoms with Crippen LogP contribution in [0.5, 0.6) is 5.75 Å². The van der Waals surface area contributed by atoms with E-state index < -0.39 is 4.92 Å². The van der Waals surface area contributed by atoms with E-state index in [1.807, 2.05) is 29.2 Å². The van der Waals surface area contributed by atoms with Crippen molar-refractivity contribution in [2.24, 2.45) is 0 Å². The van der Waals surface area contributed by atoms with Gasteiger partial charge in [-0.1, -0.05) is 12.1 Å². The van der Waals surface area contributed by atoms with E-state index in [9.17, 15) is 14.9 Å². The molecule has 6 heteroatoms. The summed E-state index contributed by atoms with van der Waals surface area (Å²) >= 11 is 0. The average Bonchev–Trinajstić information content (AvgIpc) is 3.10. The fourth-order valence-electron chi connectivity index (χ4n) is 3.27. The van der Waals surface area contributed by atoms with Crippen LogP contribution in [0.25, 0.3) is 0 Å². The molecule has 1 unspecified atom stereocenters. The van der Waals surface area contributed by atoms with Gasteiger partial charge in [-0.05, 0) is 43.2 Å². The summed E-state index contributed by atoms with van der Waals surface area (Å²) in [5.41, 5.74) is 2.23. The third-order valence-electron chi connectivity index (χ3n) is 4.70. The number of nitro groups is 1. The number of benzene rings is 2. The second-order valence-corrected chi connectivity index (χ2v) is 6.27. The van der Waals surface area contributed by atoms with Gasteiger partial charge >= 0.3 is 0 Å². The second-order valence-electron chi connectivity index (χ2n) is 6.27. The molecular weight excluding hydrogens is 320 g/mol. The number of hydrogen-bond donors (Lipinski definition) is 0. The first-order valence-corrected chi connectivity index (χ1v) is 8.18. The highest BCUT2D eigenvalue weighted by Gasteiger charge is 2.28. The molecule has 6 nitrogen and oxygen atoms in total. The summed E-state index contributed by atoms with van der Waals surface area (Å²) in [5, 5.41) is 10.9. The third-order valence-corrected chi connectivity index (χ3v) is 4.70. The van der Waals surface area contributed by atoms with Crippen LogP contribution in [-0.4, -0.2) is 35.9 Å². The minimum atomic E-state index is -0.431. The summed E-state index contributed by atoms with van der Waals surface area (Å²) in [6.07, 6.45) is 0.907. The second kappa shape index (κ2) is 6.93. The van der Waals surface area contributed by atoms with E-state index in [0.717, 1.165) is 12.2 Å². The van der Waals surface area contributed by atoms with E-state index in [2.05, 4.69) is 0 Å². The maximum Gasteiger partial charge on any atom is 0.272 e. The largest absolute Gasteiger partial charge is 0.497 e. The monoisotopic (exact) mass is 340 g/mol. The zero-order chi connectivity index (χ0) is 18.0. The summed E-state index contributed by atoms with van der Waals surface area (Å²) in [5.74, 6) is 1.04. The summed E-state index contributed by atoms with van der Waals surface area (Å²) in [6.45, 7) is 2.99. The summed E-state index contributed by atoms with van der Waals surface area (Å²) in [7, 11) is 1.64. The Bertz CT molecular complexity index is 802. The number of carbonyl (C=O) groups excluding carboxylic acids is 1. The lowest BCUT2D eigenvalue weighted by molar-refractivity contribution is -0.385. The molecule has 1 fully saturated rings.